The van der Waals surface area contributed by atoms with Crippen molar-refractivity contribution in [1.29, 1.82) is 5.26 Å². The topological polar surface area (TPSA) is 101 Å². The lowest BCUT2D eigenvalue weighted by atomic mass is 9.94. The van der Waals surface area contributed by atoms with Gasteiger partial charge in [0, 0.05) is 19.9 Å². The Hall–Kier alpha value is -2.89. The van der Waals surface area contributed by atoms with E-state index in [-0.39, 0.29) is 25.3 Å². The molecular weight excluding hydrogens is 362 g/mol. The Balaban J connectivity index is 2.45. The summed E-state index contributed by atoms with van der Waals surface area (Å²) in [6.07, 6.45) is 0. The first-order chi connectivity index (χ1) is 13.4. The molecule has 0 bridgehead atoms. The molecule has 8 heteroatoms. The molecule has 0 saturated heterocycles. The number of amides is 2. The first kappa shape index (κ1) is 21.4. The van der Waals surface area contributed by atoms with Gasteiger partial charge in [-0.05, 0) is 31.5 Å². The summed E-state index contributed by atoms with van der Waals surface area (Å²) in [5, 5.41) is 11.9. The molecule has 0 aromatic heterocycles. The van der Waals surface area contributed by atoms with Crippen molar-refractivity contribution in [1.82, 2.24) is 10.2 Å². The Morgan fingerprint density at radius 1 is 1.25 bits per heavy atom. The molecule has 0 saturated carbocycles. The molecule has 1 aliphatic heterocycles. The van der Waals surface area contributed by atoms with Crippen LogP contribution in [0.4, 0.5) is 4.79 Å². The van der Waals surface area contributed by atoms with Gasteiger partial charge in [0.1, 0.15) is 6.61 Å². The molecule has 0 aliphatic carbocycles. The quantitative estimate of drug-likeness (QED) is 0.542. The van der Waals surface area contributed by atoms with Crippen LogP contribution in [0.1, 0.15) is 31.0 Å². The van der Waals surface area contributed by atoms with Gasteiger partial charge in [-0.3, -0.25) is 4.90 Å². The Labute approximate surface area is 164 Å². The number of nitrogens with one attached hydrogen (secondary N) is 1. The van der Waals surface area contributed by atoms with Crippen molar-refractivity contribution in [3.63, 3.8) is 0 Å². The number of hydrogen-bond donors (Lipinski definition) is 1. The minimum atomic E-state index is -0.679. The van der Waals surface area contributed by atoms with Crippen LogP contribution in [-0.2, 0) is 19.0 Å². The Morgan fingerprint density at radius 2 is 1.93 bits per heavy atom. The largest absolute Gasteiger partial charge is 0.460 e. The molecule has 8 nitrogen and oxygen atoms in total. The van der Waals surface area contributed by atoms with Crippen LogP contribution in [0.5, 0.6) is 0 Å². The van der Waals surface area contributed by atoms with E-state index in [1.165, 1.54) is 12.0 Å². The van der Waals surface area contributed by atoms with Gasteiger partial charge >= 0.3 is 12.0 Å². The summed E-state index contributed by atoms with van der Waals surface area (Å²) in [7, 11) is 3.07. The van der Waals surface area contributed by atoms with E-state index < -0.39 is 12.0 Å². The zero-order valence-electron chi connectivity index (χ0n) is 16.5. The van der Waals surface area contributed by atoms with Crippen LogP contribution in [0.2, 0.25) is 0 Å². The molecular formula is C20H25N3O5. The molecule has 1 aromatic carbocycles. The van der Waals surface area contributed by atoms with E-state index in [1.54, 1.807) is 38.3 Å². The normalized spacial score (nSPS) is 17.8. The molecule has 2 atom stereocenters. The summed E-state index contributed by atoms with van der Waals surface area (Å²) in [6, 6.07) is 7.49. The number of ether oxygens (including phenoxy) is 3. The maximum absolute atomic E-state index is 12.8. The average Bonchev–Trinajstić information content (AvgIpc) is 2.68. The Bertz CT molecular complexity index is 782. The van der Waals surface area contributed by atoms with Crippen LogP contribution < -0.4 is 5.32 Å². The highest BCUT2D eigenvalue weighted by Gasteiger charge is 2.38. The van der Waals surface area contributed by atoms with E-state index in [1.807, 2.05) is 6.92 Å². The molecule has 28 heavy (non-hydrogen) atoms. The fourth-order valence-electron chi connectivity index (χ4n) is 3.16. The zero-order valence-corrected chi connectivity index (χ0v) is 16.5. The number of hydrogen-bond acceptors (Lipinski definition) is 6. The predicted molar refractivity (Wildman–Crippen MR) is 101 cm³/mol. The van der Waals surface area contributed by atoms with Crippen molar-refractivity contribution in [3.8, 4) is 6.07 Å². The van der Waals surface area contributed by atoms with Crippen molar-refractivity contribution in [2.75, 3.05) is 34.0 Å². The summed E-state index contributed by atoms with van der Waals surface area (Å²) < 4.78 is 15.4. The molecule has 0 spiro atoms. The minimum absolute atomic E-state index is 0.105. The first-order valence-electron chi connectivity index (χ1n) is 8.90. The van der Waals surface area contributed by atoms with Crippen LogP contribution in [0.25, 0.3) is 0 Å². The summed E-state index contributed by atoms with van der Waals surface area (Å²) in [4.78, 5) is 27.1. The highest BCUT2D eigenvalue weighted by molar-refractivity contribution is 5.95. The van der Waals surface area contributed by atoms with Crippen LogP contribution in [0.15, 0.2) is 35.5 Å². The van der Waals surface area contributed by atoms with Gasteiger partial charge in [-0.15, -0.1) is 0 Å². The lowest BCUT2D eigenvalue weighted by Gasteiger charge is -2.38. The number of carbonyl (C=O) groups is 2. The lowest BCUT2D eigenvalue weighted by molar-refractivity contribution is -0.141. The maximum atomic E-state index is 12.8. The monoisotopic (exact) mass is 387 g/mol. The second-order valence-electron chi connectivity index (χ2n) is 6.42. The third-order valence-corrected chi connectivity index (χ3v) is 4.49. The predicted octanol–water partition coefficient (Wildman–Crippen LogP) is 2.12. The van der Waals surface area contributed by atoms with Crippen molar-refractivity contribution >= 4 is 12.0 Å². The smallest absolute Gasteiger partial charge is 0.338 e. The number of esters is 1. The Morgan fingerprint density at radius 3 is 2.50 bits per heavy atom. The number of methoxy groups -OCH3 is 2. The average molecular weight is 387 g/mol. The molecule has 1 heterocycles. The van der Waals surface area contributed by atoms with Gasteiger partial charge in [0.15, 0.2) is 0 Å². The zero-order chi connectivity index (χ0) is 20.7. The van der Waals surface area contributed by atoms with Crippen LogP contribution in [0, 0.1) is 11.3 Å². The number of carbonyl (C=O) groups excluding carboxylic acids is 2. The van der Waals surface area contributed by atoms with Gasteiger partial charge in [0.05, 0.1) is 42.5 Å². The molecule has 1 aromatic rings. The van der Waals surface area contributed by atoms with Gasteiger partial charge in [0.2, 0.25) is 0 Å². The molecule has 1 aliphatic rings. The molecule has 1 N–H and O–H groups in total. The highest BCUT2D eigenvalue weighted by atomic mass is 16.6. The Kier molecular flexibility index (Phi) is 7.55. The number of urea groups is 1. The van der Waals surface area contributed by atoms with E-state index in [2.05, 4.69) is 11.4 Å². The van der Waals surface area contributed by atoms with E-state index in [0.717, 1.165) is 0 Å². The van der Waals surface area contributed by atoms with Gasteiger partial charge in [-0.2, -0.15) is 5.26 Å². The fourth-order valence-corrected chi connectivity index (χ4v) is 3.16. The summed E-state index contributed by atoms with van der Waals surface area (Å²) in [6.45, 7) is 4.25. The number of allylic oxidation sites excluding steroid dienone is 1. The van der Waals surface area contributed by atoms with Crippen molar-refractivity contribution < 1.29 is 23.8 Å². The number of nitriles is 1. The highest BCUT2D eigenvalue weighted by Crippen LogP contribution is 2.32. The summed E-state index contributed by atoms with van der Waals surface area (Å²) >= 11 is 0. The van der Waals surface area contributed by atoms with Gasteiger partial charge in [-0.1, -0.05) is 12.1 Å². The minimum Gasteiger partial charge on any atom is -0.460 e. The first-order valence-corrected chi connectivity index (χ1v) is 8.90. The molecule has 0 radical (unpaired) electrons. The lowest BCUT2D eigenvalue weighted by Crippen LogP contribution is -2.52. The van der Waals surface area contributed by atoms with Crippen LogP contribution in [-0.4, -0.2) is 57.0 Å². The van der Waals surface area contributed by atoms with Crippen molar-refractivity contribution in [3.05, 3.63) is 46.7 Å². The van der Waals surface area contributed by atoms with Gasteiger partial charge in [-0.25, -0.2) is 9.59 Å². The molecule has 150 valence electrons. The van der Waals surface area contributed by atoms with E-state index >= 15 is 0 Å². The second-order valence-corrected chi connectivity index (χ2v) is 6.42. The summed E-state index contributed by atoms with van der Waals surface area (Å²) in [5.74, 6) is -0.529. The number of benzene rings is 1. The van der Waals surface area contributed by atoms with Crippen LogP contribution in [0.3, 0.4) is 0 Å². The molecule has 2 rings (SSSR count). The van der Waals surface area contributed by atoms with Gasteiger partial charge in [0.25, 0.3) is 0 Å². The molecule has 2 amide bonds. The van der Waals surface area contributed by atoms with E-state index in [4.69, 9.17) is 19.5 Å². The van der Waals surface area contributed by atoms with Gasteiger partial charge < -0.3 is 19.5 Å². The maximum Gasteiger partial charge on any atom is 0.338 e. The number of nitrogens with zero attached hydrogens (tertiary/aromatic N) is 2. The molecule has 0 unspecified atom stereocenters. The number of rotatable bonds is 8. The fraction of sp³-hybridized carbons (Fsp3) is 0.450. The van der Waals surface area contributed by atoms with Crippen molar-refractivity contribution in [2.24, 2.45) is 0 Å². The van der Waals surface area contributed by atoms with Crippen LogP contribution >= 0.6 is 0 Å². The molecule has 0 fully saturated rings. The third kappa shape index (κ3) is 4.68. The third-order valence-electron chi connectivity index (χ3n) is 4.49. The summed E-state index contributed by atoms with van der Waals surface area (Å²) in [5.41, 5.74) is 2.02. The van der Waals surface area contributed by atoms with E-state index in [9.17, 15) is 9.59 Å². The standard InChI is InChI=1S/C20H25N3O5/c1-13(12-27-4)23-14(2)17(19(24)28-10-9-26-3)18(22-20(23)25)16-7-5-15(11-21)6-8-16/h5-8,13,18H,9-10,12H2,1-4H3,(H,22,25)/t13-,18-/m0/s1. The second kappa shape index (κ2) is 9.88. The SMILES string of the molecule is COCCOC(=O)C1=C(C)N([C@@H](C)COC)C(=O)N[C@H]1c1ccc(C#N)cc1. The van der Waals surface area contributed by atoms with E-state index in [0.29, 0.717) is 29.0 Å². The van der Waals surface area contributed by atoms with Crippen molar-refractivity contribution in [2.45, 2.75) is 25.9 Å².